The third kappa shape index (κ3) is 7.46. The van der Waals surface area contributed by atoms with E-state index >= 15 is 0 Å². The third-order valence-electron chi connectivity index (χ3n) is 1.23. The Labute approximate surface area is 72.4 Å². The Kier molecular flexibility index (Phi) is 7.99. The van der Waals surface area contributed by atoms with Crippen molar-refractivity contribution in [3.63, 3.8) is 0 Å². The standard InChI is InChI=1S/C7H16N2O3/c1-11-6-5-8-4-3-7(10)9-12-2/h8H,3-6H2,1-2H3,(H,9,10). The van der Waals surface area contributed by atoms with Gasteiger partial charge in [0.1, 0.15) is 0 Å². The van der Waals surface area contributed by atoms with Gasteiger partial charge >= 0.3 is 0 Å². The van der Waals surface area contributed by atoms with Crippen LogP contribution in [0.5, 0.6) is 0 Å². The number of hydroxylamine groups is 1. The van der Waals surface area contributed by atoms with Gasteiger partial charge in [-0.2, -0.15) is 0 Å². The minimum absolute atomic E-state index is 0.123. The summed E-state index contributed by atoms with van der Waals surface area (Å²) >= 11 is 0. The summed E-state index contributed by atoms with van der Waals surface area (Å²) in [5.41, 5.74) is 2.23. The van der Waals surface area contributed by atoms with E-state index in [1.165, 1.54) is 7.11 Å². The summed E-state index contributed by atoms with van der Waals surface area (Å²) in [6.45, 7) is 2.06. The monoisotopic (exact) mass is 176 g/mol. The van der Waals surface area contributed by atoms with Crippen LogP contribution in [-0.4, -0.2) is 39.8 Å². The van der Waals surface area contributed by atoms with Gasteiger partial charge in [-0.05, 0) is 0 Å². The Morgan fingerprint density at radius 1 is 1.33 bits per heavy atom. The van der Waals surface area contributed by atoms with Gasteiger partial charge in [0.2, 0.25) is 5.91 Å². The van der Waals surface area contributed by atoms with Gasteiger partial charge < -0.3 is 10.1 Å². The summed E-state index contributed by atoms with van der Waals surface area (Å²) in [7, 11) is 3.05. The van der Waals surface area contributed by atoms with Gasteiger partial charge in [-0.1, -0.05) is 0 Å². The van der Waals surface area contributed by atoms with Crippen molar-refractivity contribution in [2.24, 2.45) is 0 Å². The van der Waals surface area contributed by atoms with Crippen molar-refractivity contribution in [2.45, 2.75) is 6.42 Å². The topological polar surface area (TPSA) is 59.6 Å². The van der Waals surface area contributed by atoms with Crippen LogP contribution in [0.1, 0.15) is 6.42 Å². The molecule has 12 heavy (non-hydrogen) atoms. The van der Waals surface area contributed by atoms with Crippen LogP contribution >= 0.6 is 0 Å². The smallest absolute Gasteiger partial charge is 0.244 e. The second kappa shape index (κ2) is 8.45. The van der Waals surface area contributed by atoms with E-state index < -0.39 is 0 Å². The zero-order chi connectivity index (χ0) is 9.23. The number of carbonyl (C=O) groups excluding carboxylic acids is 1. The zero-order valence-electron chi connectivity index (χ0n) is 7.55. The van der Waals surface area contributed by atoms with E-state index in [1.807, 2.05) is 0 Å². The molecule has 0 radical (unpaired) electrons. The largest absolute Gasteiger partial charge is 0.383 e. The van der Waals surface area contributed by atoms with Crippen LogP contribution in [0.25, 0.3) is 0 Å². The normalized spacial score (nSPS) is 9.83. The maximum absolute atomic E-state index is 10.8. The molecule has 5 nitrogen and oxygen atoms in total. The van der Waals surface area contributed by atoms with E-state index in [1.54, 1.807) is 7.11 Å². The molecule has 0 aliphatic heterocycles. The summed E-state index contributed by atoms with van der Waals surface area (Å²) in [5.74, 6) is -0.123. The Morgan fingerprint density at radius 2 is 2.08 bits per heavy atom. The molecular formula is C7H16N2O3. The summed E-state index contributed by atoms with van der Waals surface area (Å²) in [6, 6.07) is 0. The quantitative estimate of drug-likeness (QED) is 0.397. The van der Waals surface area contributed by atoms with Crippen LogP contribution < -0.4 is 10.8 Å². The summed E-state index contributed by atoms with van der Waals surface area (Å²) in [5, 5.41) is 3.03. The molecule has 0 fully saturated rings. The highest BCUT2D eigenvalue weighted by atomic mass is 16.6. The van der Waals surface area contributed by atoms with Gasteiger partial charge in [-0.3, -0.25) is 9.63 Å². The van der Waals surface area contributed by atoms with Crippen molar-refractivity contribution in [3.8, 4) is 0 Å². The molecule has 72 valence electrons. The molecule has 5 heteroatoms. The van der Waals surface area contributed by atoms with Crippen LogP contribution in [0.3, 0.4) is 0 Å². The number of carbonyl (C=O) groups is 1. The van der Waals surface area contributed by atoms with Crippen LogP contribution in [0.15, 0.2) is 0 Å². The van der Waals surface area contributed by atoms with E-state index in [0.717, 1.165) is 6.54 Å². The molecule has 0 bridgehead atoms. The van der Waals surface area contributed by atoms with E-state index in [4.69, 9.17) is 4.74 Å². The minimum atomic E-state index is -0.123. The van der Waals surface area contributed by atoms with Crippen molar-refractivity contribution >= 4 is 5.91 Å². The first-order valence-electron chi connectivity index (χ1n) is 3.82. The number of methoxy groups -OCH3 is 1. The molecule has 0 saturated carbocycles. The fraction of sp³-hybridized carbons (Fsp3) is 0.857. The Hall–Kier alpha value is -0.650. The second-order valence-electron chi connectivity index (χ2n) is 2.22. The van der Waals surface area contributed by atoms with E-state index in [-0.39, 0.29) is 5.91 Å². The fourth-order valence-corrected chi connectivity index (χ4v) is 0.666. The fourth-order valence-electron chi connectivity index (χ4n) is 0.666. The molecule has 0 heterocycles. The Morgan fingerprint density at radius 3 is 2.67 bits per heavy atom. The van der Waals surface area contributed by atoms with Crippen LogP contribution in [0, 0.1) is 0 Å². The molecule has 0 rings (SSSR count). The minimum Gasteiger partial charge on any atom is -0.383 e. The molecule has 0 atom stereocenters. The van der Waals surface area contributed by atoms with E-state index in [0.29, 0.717) is 19.6 Å². The molecule has 0 spiro atoms. The molecular weight excluding hydrogens is 160 g/mol. The molecule has 2 N–H and O–H groups in total. The van der Waals surface area contributed by atoms with Crippen LogP contribution in [0.4, 0.5) is 0 Å². The first kappa shape index (κ1) is 11.4. The second-order valence-corrected chi connectivity index (χ2v) is 2.22. The van der Waals surface area contributed by atoms with Crippen molar-refractivity contribution in [3.05, 3.63) is 0 Å². The average Bonchev–Trinajstić information content (AvgIpc) is 2.05. The molecule has 0 aromatic heterocycles. The molecule has 0 aliphatic carbocycles. The number of amides is 1. The summed E-state index contributed by atoms with van der Waals surface area (Å²) < 4.78 is 4.81. The predicted molar refractivity (Wildman–Crippen MR) is 44.5 cm³/mol. The first-order chi connectivity index (χ1) is 5.81. The highest BCUT2D eigenvalue weighted by Gasteiger charge is 1.97. The lowest BCUT2D eigenvalue weighted by molar-refractivity contribution is -0.131. The summed E-state index contributed by atoms with van der Waals surface area (Å²) in [4.78, 5) is 15.2. The van der Waals surface area contributed by atoms with Gasteiger partial charge in [0.05, 0.1) is 13.7 Å². The van der Waals surface area contributed by atoms with Crippen molar-refractivity contribution in [1.82, 2.24) is 10.8 Å². The number of hydrogen-bond donors (Lipinski definition) is 2. The van der Waals surface area contributed by atoms with Gasteiger partial charge in [0.25, 0.3) is 0 Å². The molecule has 0 aromatic rings. The highest BCUT2D eigenvalue weighted by Crippen LogP contribution is 1.76. The first-order valence-corrected chi connectivity index (χ1v) is 3.82. The summed E-state index contributed by atoms with van der Waals surface area (Å²) in [6.07, 6.45) is 0.414. The molecule has 0 aliphatic rings. The molecule has 0 saturated heterocycles. The van der Waals surface area contributed by atoms with Crippen LogP contribution in [-0.2, 0) is 14.4 Å². The van der Waals surface area contributed by atoms with Gasteiger partial charge in [0, 0.05) is 26.6 Å². The lowest BCUT2D eigenvalue weighted by Gasteiger charge is -2.03. The van der Waals surface area contributed by atoms with Gasteiger partial charge in [0.15, 0.2) is 0 Å². The maximum atomic E-state index is 10.8. The lowest BCUT2D eigenvalue weighted by Crippen LogP contribution is -2.28. The maximum Gasteiger partial charge on any atom is 0.244 e. The van der Waals surface area contributed by atoms with Gasteiger partial charge in [-0.25, -0.2) is 5.48 Å². The number of rotatable bonds is 7. The Bertz CT molecular complexity index is 119. The van der Waals surface area contributed by atoms with E-state index in [9.17, 15) is 4.79 Å². The number of nitrogens with one attached hydrogen (secondary N) is 2. The average molecular weight is 176 g/mol. The van der Waals surface area contributed by atoms with Crippen molar-refractivity contribution in [2.75, 3.05) is 33.9 Å². The highest BCUT2D eigenvalue weighted by molar-refractivity contribution is 5.74. The third-order valence-corrected chi connectivity index (χ3v) is 1.23. The SMILES string of the molecule is COCCNCCC(=O)NOC. The number of hydrogen-bond acceptors (Lipinski definition) is 4. The lowest BCUT2D eigenvalue weighted by atomic mass is 10.4. The molecule has 1 amide bonds. The van der Waals surface area contributed by atoms with Crippen LogP contribution in [0.2, 0.25) is 0 Å². The zero-order valence-corrected chi connectivity index (χ0v) is 7.55. The molecule has 0 unspecified atom stereocenters. The number of ether oxygens (including phenoxy) is 1. The molecule has 0 aromatic carbocycles. The predicted octanol–water partition coefficient (Wildman–Crippen LogP) is -0.710. The van der Waals surface area contributed by atoms with Crippen molar-refractivity contribution in [1.29, 1.82) is 0 Å². The van der Waals surface area contributed by atoms with E-state index in [2.05, 4.69) is 15.6 Å². The van der Waals surface area contributed by atoms with Crippen molar-refractivity contribution < 1.29 is 14.4 Å². The Balaban J connectivity index is 3.03. The van der Waals surface area contributed by atoms with Gasteiger partial charge in [-0.15, -0.1) is 0 Å².